The fourth-order valence-electron chi connectivity index (χ4n) is 4.18. The lowest BCUT2D eigenvalue weighted by atomic mass is 9.98. The Morgan fingerprint density at radius 3 is 2.93 bits per heavy atom. The number of piperidine rings is 1. The topological polar surface area (TPSA) is 55.4 Å². The number of aromatic nitrogens is 4. The third kappa shape index (κ3) is 3.63. The van der Waals surface area contributed by atoms with Crippen LogP contribution >= 0.6 is 11.3 Å². The van der Waals surface area contributed by atoms with E-state index in [1.165, 1.54) is 12.8 Å². The van der Waals surface area contributed by atoms with Crippen molar-refractivity contribution in [1.29, 1.82) is 0 Å². The molecule has 0 saturated carbocycles. The van der Waals surface area contributed by atoms with Crippen molar-refractivity contribution in [3.05, 3.63) is 64.1 Å². The Morgan fingerprint density at radius 1 is 1.21 bits per heavy atom. The molecular weight excluding hydrogens is 382 g/mol. The maximum atomic E-state index is 12.7. The van der Waals surface area contributed by atoms with Gasteiger partial charge in [0.1, 0.15) is 0 Å². The van der Waals surface area contributed by atoms with Gasteiger partial charge in [-0.2, -0.15) is 16.4 Å². The van der Waals surface area contributed by atoms with Gasteiger partial charge >= 0.3 is 0 Å². The van der Waals surface area contributed by atoms with E-state index >= 15 is 0 Å². The van der Waals surface area contributed by atoms with Gasteiger partial charge in [0.15, 0.2) is 5.65 Å². The van der Waals surface area contributed by atoms with E-state index in [0.717, 1.165) is 47.5 Å². The van der Waals surface area contributed by atoms with E-state index in [4.69, 9.17) is 0 Å². The van der Waals surface area contributed by atoms with Gasteiger partial charge in [0.25, 0.3) is 5.56 Å². The minimum absolute atomic E-state index is 0.0373. The first-order valence-electron chi connectivity index (χ1n) is 9.93. The van der Waals surface area contributed by atoms with E-state index < -0.39 is 0 Å². The van der Waals surface area contributed by atoms with Gasteiger partial charge in [0.2, 0.25) is 0 Å². The molecule has 0 aliphatic carbocycles. The van der Waals surface area contributed by atoms with Crippen molar-refractivity contribution in [3.8, 4) is 22.3 Å². The molecule has 0 bridgehead atoms. The number of fused-ring (bicyclic) bond motifs is 1. The highest BCUT2D eigenvalue weighted by molar-refractivity contribution is 7.08. The predicted molar refractivity (Wildman–Crippen MR) is 116 cm³/mol. The molecule has 6 nitrogen and oxygen atoms in total. The fourth-order valence-corrected chi connectivity index (χ4v) is 4.84. The Labute approximate surface area is 173 Å². The molecule has 4 aromatic rings. The van der Waals surface area contributed by atoms with E-state index in [-0.39, 0.29) is 5.56 Å². The Balaban J connectivity index is 1.41. The van der Waals surface area contributed by atoms with E-state index in [2.05, 4.69) is 33.5 Å². The SMILES string of the molecule is CN1CCCC(Cn2ccc(-c3cnc4c(-c5ccsc5)cnn4c3)cc2=O)C1. The minimum Gasteiger partial charge on any atom is -0.315 e. The normalized spacial score (nSPS) is 17.8. The maximum absolute atomic E-state index is 12.7. The van der Waals surface area contributed by atoms with Crippen LogP contribution in [0.4, 0.5) is 0 Å². The second kappa shape index (κ2) is 7.57. The molecular formula is C22H23N5OS. The summed E-state index contributed by atoms with van der Waals surface area (Å²) in [5, 5.41) is 8.60. The molecule has 148 valence electrons. The molecule has 0 aromatic carbocycles. The van der Waals surface area contributed by atoms with E-state index in [9.17, 15) is 4.79 Å². The van der Waals surface area contributed by atoms with Crippen molar-refractivity contribution in [2.24, 2.45) is 5.92 Å². The lowest BCUT2D eigenvalue weighted by molar-refractivity contribution is 0.193. The van der Waals surface area contributed by atoms with Crippen molar-refractivity contribution >= 4 is 17.0 Å². The average molecular weight is 406 g/mol. The van der Waals surface area contributed by atoms with Crippen molar-refractivity contribution < 1.29 is 0 Å². The van der Waals surface area contributed by atoms with Gasteiger partial charge < -0.3 is 9.47 Å². The monoisotopic (exact) mass is 405 g/mol. The van der Waals surface area contributed by atoms with Gasteiger partial charge in [-0.05, 0) is 66.4 Å². The maximum Gasteiger partial charge on any atom is 0.251 e. The molecule has 1 saturated heterocycles. The van der Waals surface area contributed by atoms with Crippen LogP contribution in [0.25, 0.3) is 27.9 Å². The van der Waals surface area contributed by atoms with Gasteiger partial charge in [-0.15, -0.1) is 0 Å². The molecule has 1 aliphatic rings. The Kier molecular flexibility index (Phi) is 4.77. The summed E-state index contributed by atoms with van der Waals surface area (Å²) in [7, 11) is 2.15. The zero-order valence-corrected chi connectivity index (χ0v) is 17.2. The van der Waals surface area contributed by atoms with Crippen LogP contribution in [0.15, 0.2) is 58.5 Å². The highest BCUT2D eigenvalue weighted by Crippen LogP contribution is 2.27. The Morgan fingerprint density at radius 2 is 2.14 bits per heavy atom. The molecule has 29 heavy (non-hydrogen) atoms. The molecule has 1 atom stereocenters. The number of hydrogen-bond acceptors (Lipinski definition) is 5. The third-order valence-electron chi connectivity index (χ3n) is 5.70. The Hall–Kier alpha value is -2.77. The van der Waals surface area contributed by atoms with E-state index in [1.807, 2.05) is 40.8 Å². The fraction of sp³-hybridized carbons (Fsp3) is 0.318. The summed E-state index contributed by atoms with van der Waals surface area (Å²) in [5.41, 5.74) is 4.76. The molecule has 5 heterocycles. The molecule has 5 rings (SSSR count). The molecule has 1 unspecified atom stereocenters. The van der Waals surface area contributed by atoms with Crippen LogP contribution in [0.2, 0.25) is 0 Å². The minimum atomic E-state index is 0.0373. The number of thiophene rings is 1. The number of likely N-dealkylation sites (tertiary alicyclic amines) is 1. The van der Waals surface area contributed by atoms with Gasteiger partial charge in [-0.3, -0.25) is 4.79 Å². The van der Waals surface area contributed by atoms with Crippen LogP contribution in [0.3, 0.4) is 0 Å². The zero-order chi connectivity index (χ0) is 19.8. The summed E-state index contributed by atoms with van der Waals surface area (Å²) >= 11 is 1.66. The van der Waals surface area contributed by atoms with Gasteiger partial charge in [0, 0.05) is 48.9 Å². The second-order valence-corrected chi connectivity index (χ2v) is 8.64. The first-order valence-corrected chi connectivity index (χ1v) is 10.9. The molecule has 7 heteroatoms. The summed E-state index contributed by atoms with van der Waals surface area (Å²) in [4.78, 5) is 19.7. The predicted octanol–water partition coefficient (Wildman–Crippen LogP) is 3.63. The first-order chi connectivity index (χ1) is 14.2. The molecule has 0 amide bonds. The lowest BCUT2D eigenvalue weighted by Gasteiger charge is -2.30. The van der Waals surface area contributed by atoms with Gasteiger partial charge in [-0.25, -0.2) is 9.50 Å². The highest BCUT2D eigenvalue weighted by atomic mass is 32.1. The van der Waals surface area contributed by atoms with Crippen molar-refractivity contribution in [3.63, 3.8) is 0 Å². The van der Waals surface area contributed by atoms with Gasteiger partial charge in [0.05, 0.1) is 6.20 Å². The number of rotatable bonds is 4. The third-order valence-corrected chi connectivity index (χ3v) is 6.38. The number of nitrogens with zero attached hydrogens (tertiary/aromatic N) is 5. The standard InChI is InChI=1S/C22H23N5OS/c1-25-6-2-3-16(12-25)13-26-7-4-17(9-21(26)28)19-10-23-22-20(11-24-27(22)14-19)18-5-8-29-15-18/h4-5,7-11,14-16H,2-3,6,12-13H2,1H3. The molecule has 0 radical (unpaired) electrons. The largest absolute Gasteiger partial charge is 0.315 e. The van der Waals surface area contributed by atoms with E-state index in [1.54, 1.807) is 21.9 Å². The van der Waals surface area contributed by atoms with Crippen molar-refractivity contribution in [2.45, 2.75) is 19.4 Å². The lowest BCUT2D eigenvalue weighted by Crippen LogP contribution is -2.35. The molecule has 0 N–H and O–H groups in total. The molecule has 0 spiro atoms. The number of pyridine rings is 1. The van der Waals surface area contributed by atoms with Crippen LogP contribution in [0.1, 0.15) is 12.8 Å². The second-order valence-electron chi connectivity index (χ2n) is 7.86. The average Bonchev–Trinajstić information content (AvgIpc) is 3.38. The summed E-state index contributed by atoms with van der Waals surface area (Å²) in [6, 6.07) is 5.78. The van der Waals surface area contributed by atoms with Gasteiger partial charge in [-0.1, -0.05) is 0 Å². The Bertz CT molecular complexity index is 1190. The van der Waals surface area contributed by atoms with Crippen LogP contribution in [0, 0.1) is 5.92 Å². The van der Waals surface area contributed by atoms with Crippen LogP contribution in [-0.2, 0) is 6.54 Å². The van der Waals surface area contributed by atoms with Crippen LogP contribution in [-0.4, -0.2) is 44.2 Å². The van der Waals surface area contributed by atoms with Crippen molar-refractivity contribution in [1.82, 2.24) is 24.1 Å². The number of hydrogen-bond donors (Lipinski definition) is 0. The van der Waals surface area contributed by atoms with Crippen LogP contribution < -0.4 is 5.56 Å². The van der Waals surface area contributed by atoms with Crippen molar-refractivity contribution in [2.75, 3.05) is 20.1 Å². The quantitative estimate of drug-likeness (QED) is 0.520. The highest BCUT2D eigenvalue weighted by Gasteiger charge is 2.18. The smallest absolute Gasteiger partial charge is 0.251 e. The summed E-state index contributed by atoms with van der Waals surface area (Å²) in [6.07, 6.45) is 9.90. The summed E-state index contributed by atoms with van der Waals surface area (Å²) < 4.78 is 3.62. The molecule has 4 aromatic heterocycles. The zero-order valence-electron chi connectivity index (χ0n) is 16.4. The first kappa shape index (κ1) is 18.3. The molecule has 1 aliphatic heterocycles. The van der Waals surface area contributed by atoms with E-state index in [0.29, 0.717) is 5.92 Å². The molecule has 1 fully saturated rings. The summed E-state index contributed by atoms with van der Waals surface area (Å²) in [6.45, 7) is 2.99. The summed E-state index contributed by atoms with van der Waals surface area (Å²) in [5.74, 6) is 0.537. The van der Waals surface area contributed by atoms with Crippen LogP contribution in [0.5, 0.6) is 0 Å².